The second-order valence-electron chi connectivity index (χ2n) is 5.47. The summed E-state index contributed by atoms with van der Waals surface area (Å²) >= 11 is 0. The number of fused-ring (bicyclic) bond motifs is 1. The van der Waals surface area contributed by atoms with Crippen LogP contribution in [0.15, 0.2) is 24.3 Å². The molecule has 0 aromatic heterocycles. The van der Waals surface area contributed by atoms with Crippen LogP contribution in [0, 0.1) is 0 Å². The number of amides is 1. The van der Waals surface area contributed by atoms with Crippen molar-refractivity contribution in [2.45, 2.75) is 30.8 Å². The van der Waals surface area contributed by atoms with Gasteiger partial charge < -0.3 is 20.5 Å². The third-order valence-corrected chi connectivity index (χ3v) is 4.10. The molecule has 1 amide bonds. The van der Waals surface area contributed by atoms with Gasteiger partial charge >= 0.3 is 0 Å². The number of ether oxygens (including phenoxy) is 2. The molecule has 1 atom stereocenters. The van der Waals surface area contributed by atoms with Crippen molar-refractivity contribution in [3.8, 4) is 5.75 Å². The molecule has 0 saturated carbocycles. The molecule has 5 nitrogen and oxygen atoms in total. The van der Waals surface area contributed by atoms with Crippen LogP contribution < -0.4 is 15.8 Å². The van der Waals surface area contributed by atoms with Crippen LogP contribution in [0.4, 0.5) is 0 Å². The molecular weight excluding hydrogens is 292 g/mol. The molecule has 0 spiro atoms. The maximum absolute atomic E-state index is 12.5. The Morgan fingerprint density at radius 3 is 2.71 bits per heavy atom. The fraction of sp³-hybridized carbons (Fsp3) is 0.533. The van der Waals surface area contributed by atoms with E-state index in [1.165, 1.54) is 0 Å². The number of para-hydroxylation sites is 1. The van der Waals surface area contributed by atoms with Gasteiger partial charge in [-0.3, -0.25) is 4.79 Å². The number of nitrogens with two attached hydrogens (primary N) is 1. The van der Waals surface area contributed by atoms with Crippen LogP contribution in [-0.2, 0) is 9.53 Å². The minimum Gasteiger partial charge on any atom is -0.493 e. The van der Waals surface area contributed by atoms with Crippen LogP contribution in [0.2, 0.25) is 0 Å². The zero-order valence-electron chi connectivity index (χ0n) is 11.8. The minimum atomic E-state index is -0.800. The average Bonchev–Trinajstić information content (AvgIpc) is 2.48. The van der Waals surface area contributed by atoms with Gasteiger partial charge in [-0.1, -0.05) is 18.2 Å². The number of hydrogen-bond donors (Lipinski definition) is 2. The number of rotatable bonds is 2. The summed E-state index contributed by atoms with van der Waals surface area (Å²) in [5.74, 6) is 0.768. The van der Waals surface area contributed by atoms with E-state index in [0.29, 0.717) is 32.7 Å². The van der Waals surface area contributed by atoms with Gasteiger partial charge in [-0.15, -0.1) is 12.4 Å². The van der Waals surface area contributed by atoms with Crippen LogP contribution in [0.3, 0.4) is 0 Å². The normalized spacial score (nSPS) is 23.2. The van der Waals surface area contributed by atoms with Crippen molar-refractivity contribution in [3.63, 3.8) is 0 Å². The van der Waals surface area contributed by atoms with Crippen molar-refractivity contribution in [2.75, 3.05) is 19.8 Å². The maximum atomic E-state index is 12.5. The van der Waals surface area contributed by atoms with E-state index in [-0.39, 0.29) is 24.4 Å². The van der Waals surface area contributed by atoms with Gasteiger partial charge in [0.1, 0.15) is 5.75 Å². The first kappa shape index (κ1) is 16.1. The maximum Gasteiger partial charge on any atom is 0.240 e. The largest absolute Gasteiger partial charge is 0.493 e. The predicted molar refractivity (Wildman–Crippen MR) is 81.7 cm³/mol. The number of carbonyl (C=O) groups excluding carboxylic acids is 1. The molecule has 0 bridgehead atoms. The molecule has 1 saturated heterocycles. The molecule has 2 aliphatic rings. The molecule has 3 rings (SSSR count). The Morgan fingerprint density at radius 1 is 1.24 bits per heavy atom. The van der Waals surface area contributed by atoms with Gasteiger partial charge in [-0.2, -0.15) is 0 Å². The lowest BCUT2D eigenvalue weighted by molar-refractivity contribution is -0.130. The molecule has 1 aromatic rings. The van der Waals surface area contributed by atoms with Crippen LogP contribution >= 0.6 is 12.4 Å². The van der Waals surface area contributed by atoms with Crippen molar-refractivity contribution in [2.24, 2.45) is 5.73 Å². The Bertz CT molecular complexity index is 503. The van der Waals surface area contributed by atoms with Crippen molar-refractivity contribution in [3.05, 3.63) is 29.8 Å². The summed E-state index contributed by atoms with van der Waals surface area (Å²) < 4.78 is 10.9. The van der Waals surface area contributed by atoms with Gasteiger partial charge in [0.05, 0.1) is 18.2 Å². The highest BCUT2D eigenvalue weighted by Crippen LogP contribution is 2.32. The molecular formula is C15H21ClN2O3. The van der Waals surface area contributed by atoms with Crippen LogP contribution in [0.25, 0.3) is 0 Å². The minimum absolute atomic E-state index is 0. The van der Waals surface area contributed by atoms with Gasteiger partial charge in [0.15, 0.2) is 0 Å². The van der Waals surface area contributed by atoms with Gasteiger partial charge in [0.25, 0.3) is 0 Å². The molecule has 21 heavy (non-hydrogen) atoms. The van der Waals surface area contributed by atoms with E-state index in [1.54, 1.807) is 0 Å². The van der Waals surface area contributed by atoms with E-state index in [0.717, 1.165) is 17.7 Å². The van der Waals surface area contributed by atoms with E-state index in [9.17, 15) is 4.79 Å². The van der Waals surface area contributed by atoms with E-state index < -0.39 is 5.54 Å². The highest BCUT2D eigenvalue weighted by molar-refractivity contribution is 5.86. The molecule has 0 radical (unpaired) electrons. The van der Waals surface area contributed by atoms with Crippen molar-refractivity contribution in [1.29, 1.82) is 0 Å². The van der Waals surface area contributed by atoms with Gasteiger partial charge in [0, 0.05) is 25.2 Å². The fourth-order valence-electron chi connectivity index (χ4n) is 2.76. The summed E-state index contributed by atoms with van der Waals surface area (Å²) in [6.07, 6.45) is 1.92. The molecule has 2 aliphatic heterocycles. The van der Waals surface area contributed by atoms with Crippen LogP contribution in [0.5, 0.6) is 5.75 Å². The molecule has 1 aromatic carbocycles. The molecule has 116 valence electrons. The fourth-order valence-corrected chi connectivity index (χ4v) is 2.76. The number of nitrogens with one attached hydrogen (secondary N) is 1. The third-order valence-electron chi connectivity index (χ3n) is 4.10. The van der Waals surface area contributed by atoms with E-state index in [4.69, 9.17) is 15.2 Å². The highest BCUT2D eigenvalue weighted by Gasteiger charge is 2.37. The number of halogens is 1. The zero-order chi connectivity index (χ0) is 14.0. The zero-order valence-corrected chi connectivity index (χ0v) is 12.7. The van der Waals surface area contributed by atoms with Gasteiger partial charge in [-0.05, 0) is 18.9 Å². The summed E-state index contributed by atoms with van der Waals surface area (Å²) in [5, 5.41) is 3.09. The summed E-state index contributed by atoms with van der Waals surface area (Å²) in [7, 11) is 0. The Labute approximate surface area is 130 Å². The summed E-state index contributed by atoms with van der Waals surface area (Å²) in [5.41, 5.74) is 6.45. The molecule has 1 unspecified atom stereocenters. The molecule has 2 heterocycles. The lowest BCUT2D eigenvalue weighted by atomic mass is 9.89. The van der Waals surface area contributed by atoms with Crippen molar-refractivity contribution < 1.29 is 14.3 Å². The molecule has 6 heteroatoms. The second-order valence-corrected chi connectivity index (χ2v) is 5.47. The third kappa shape index (κ3) is 3.31. The number of carbonyl (C=O) groups is 1. The second kappa shape index (κ2) is 6.64. The van der Waals surface area contributed by atoms with E-state index in [2.05, 4.69) is 5.32 Å². The lowest BCUT2D eigenvalue weighted by Crippen LogP contribution is -2.57. The van der Waals surface area contributed by atoms with Crippen LogP contribution in [-0.4, -0.2) is 31.3 Å². The number of benzene rings is 1. The first-order valence-corrected chi connectivity index (χ1v) is 7.08. The number of hydrogen-bond acceptors (Lipinski definition) is 4. The van der Waals surface area contributed by atoms with Gasteiger partial charge in [0.2, 0.25) is 5.91 Å². The molecule has 1 fully saturated rings. The summed E-state index contributed by atoms with van der Waals surface area (Å²) in [6.45, 7) is 1.71. The van der Waals surface area contributed by atoms with Gasteiger partial charge in [-0.25, -0.2) is 0 Å². The lowest BCUT2D eigenvalue weighted by Gasteiger charge is -2.34. The van der Waals surface area contributed by atoms with Crippen molar-refractivity contribution >= 4 is 18.3 Å². The molecule has 3 N–H and O–H groups in total. The Balaban J connectivity index is 0.00000161. The molecule has 0 aliphatic carbocycles. The predicted octanol–water partition coefficient (Wildman–Crippen LogP) is 1.56. The van der Waals surface area contributed by atoms with Crippen molar-refractivity contribution in [1.82, 2.24) is 5.32 Å². The highest BCUT2D eigenvalue weighted by atomic mass is 35.5. The Kier molecular flexibility index (Phi) is 5.08. The Hall–Kier alpha value is -1.30. The van der Waals surface area contributed by atoms with Crippen LogP contribution in [0.1, 0.15) is 30.9 Å². The first-order chi connectivity index (χ1) is 9.69. The van der Waals surface area contributed by atoms with E-state index in [1.807, 2.05) is 24.3 Å². The topological polar surface area (TPSA) is 73.6 Å². The SMILES string of the molecule is Cl.NC1(C(=O)NC2CCOc3ccccc32)CCOCC1. The average molecular weight is 313 g/mol. The van der Waals surface area contributed by atoms with E-state index >= 15 is 0 Å². The summed E-state index contributed by atoms with van der Waals surface area (Å²) in [4.78, 5) is 12.5. The quantitative estimate of drug-likeness (QED) is 0.869. The first-order valence-electron chi connectivity index (χ1n) is 7.08. The smallest absolute Gasteiger partial charge is 0.240 e. The Morgan fingerprint density at radius 2 is 1.95 bits per heavy atom. The summed E-state index contributed by atoms with van der Waals surface area (Å²) in [6, 6.07) is 7.80. The standard InChI is InChI=1S/C15H20N2O3.ClH/c16-15(6-9-19-10-7-15)14(18)17-12-5-8-20-13-4-2-1-3-11(12)13;/h1-4,12H,5-10,16H2,(H,17,18);1H. The monoisotopic (exact) mass is 312 g/mol.